The normalized spacial score (nSPS) is 10.1. The van der Waals surface area contributed by atoms with Gasteiger partial charge in [-0.1, -0.05) is 6.07 Å². The van der Waals surface area contributed by atoms with Gasteiger partial charge < -0.3 is 10.6 Å². The maximum atomic E-state index is 13.7. The van der Waals surface area contributed by atoms with Crippen LogP contribution in [0.4, 0.5) is 15.8 Å². The summed E-state index contributed by atoms with van der Waals surface area (Å²) in [5, 5.41) is 5.43. The van der Waals surface area contributed by atoms with E-state index in [1.807, 2.05) is 0 Å². The smallest absolute Gasteiger partial charge is 0.259 e. The molecule has 0 fully saturated rings. The Kier molecular flexibility index (Phi) is 3.75. The maximum Gasteiger partial charge on any atom is 0.259 e. The highest BCUT2D eigenvalue weighted by Gasteiger charge is 2.12. The van der Waals surface area contributed by atoms with Gasteiger partial charge in [0.05, 0.1) is 11.3 Å². The molecule has 0 spiro atoms. The number of aryl methyl sites for hydroxylation is 1. The number of anilines is 2. The average Bonchev–Trinajstić information content (AvgIpc) is 2.41. The van der Waals surface area contributed by atoms with Gasteiger partial charge in [-0.2, -0.15) is 0 Å². The van der Waals surface area contributed by atoms with Crippen molar-refractivity contribution >= 4 is 17.3 Å². The fraction of sp³-hybridized carbons (Fsp3) is 0.143. The lowest BCUT2D eigenvalue weighted by Gasteiger charge is -2.10. The van der Waals surface area contributed by atoms with E-state index in [1.54, 1.807) is 32.3 Å². The van der Waals surface area contributed by atoms with Gasteiger partial charge in [-0.05, 0) is 30.7 Å². The molecule has 4 nitrogen and oxygen atoms in total. The van der Waals surface area contributed by atoms with Crippen LogP contribution in [-0.4, -0.2) is 17.9 Å². The molecule has 5 heteroatoms. The third kappa shape index (κ3) is 2.88. The van der Waals surface area contributed by atoms with Gasteiger partial charge >= 0.3 is 0 Å². The van der Waals surface area contributed by atoms with Crippen molar-refractivity contribution in [3.05, 3.63) is 53.6 Å². The van der Waals surface area contributed by atoms with Gasteiger partial charge in [0, 0.05) is 25.1 Å². The third-order valence-corrected chi connectivity index (χ3v) is 2.71. The summed E-state index contributed by atoms with van der Waals surface area (Å²) in [6, 6.07) is 6.33. The maximum absolute atomic E-state index is 13.7. The number of nitrogens with one attached hydrogen (secondary N) is 2. The standard InChI is InChI=1S/C14H14FN3O/c1-9-3-4-13(11(15)7-9)18-14(19)10-8-17-6-5-12(10)16-2/h3-8H,1-2H3,(H,16,17)(H,18,19). The number of amides is 1. The Morgan fingerprint density at radius 3 is 2.74 bits per heavy atom. The third-order valence-electron chi connectivity index (χ3n) is 2.71. The summed E-state index contributed by atoms with van der Waals surface area (Å²) in [7, 11) is 1.71. The zero-order valence-electron chi connectivity index (χ0n) is 10.7. The monoisotopic (exact) mass is 259 g/mol. The molecule has 0 atom stereocenters. The first-order chi connectivity index (χ1) is 9.11. The van der Waals surface area contributed by atoms with Gasteiger partial charge in [-0.3, -0.25) is 9.78 Å². The van der Waals surface area contributed by atoms with Crippen molar-refractivity contribution in [3.8, 4) is 0 Å². The van der Waals surface area contributed by atoms with Crippen molar-refractivity contribution in [2.24, 2.45) is 0 Å². The van der Waals surface area contributed by atoms with Crippen molar-refractivity contribution in [1.29, 1.82) is 0 Å². The van der Waals surface area contributed by atoms with Gasteiger partial charge in [0.1, 0.15) is 5.82 Å². The lowest BCUT2D eigenvalue weighted by atomic mass is 10.2. The van der Waals surface area contributed by atoms with Crippen LogP contribution in [0.5, 0.6) is 0 Å². The fourth-order valence-corrected chi connectivity index (χ4v) is 1.70. The Morgan fingerprint density at radius 1 is 1.26 bits per heavy atom. The van der Waals surface area contributed by atoms with Crippen LogP contribution in [0, 0.1) is 12.7 Å². The number of hydrogen-bond donors (Lipinski definition) is 2. The molecule has 2 aromatic rings. The number of halogens is 1. The lowest BCUT2D eigenvalue weighted by molar-refractivity contribution is 0.102. The summed E-state index contributed by atoms with van der Waals surface area (Å²) in [4.78, 5) is 16.0. The van der Waals surface area contributed by atoms with Gasteiger partial charge in [-0.25, -0.2) is 4.39 Å². The predicted molar refractivity (Wildman–Crippen MR) is 72.9 cm³/mol. The van der Waals surface area contributed by atoms with Crippen LogP contribution in [0.25, 0.3) is 0 Å². The van der Waals surface area contributed by atoms with Crippen molar-refractivity contribution in [1.82, 2.24) is 4.98 Å². The molecule has 2 rings (SSSR count). The minimum absolute atomic E-state index is 0.154. The van der Waals surface area contributed by atoms with Crippen LogP contribution in [0.15, 0.2) is 36.7 Å². The van der Waals surface area contributed by atoms with Gasteiger partial charge in [0.15, 0.2) is 0 Å². The van der Waals surface area contributed by atoms with E-state index in [-0.39, 0.29) is 5.69 Å². The topological polar surface area (TPSA) is 54.0 Å². The molecule has 1 amide bonds. The molecule has 0 aliphatic rings. The molecule has 0 unspecified atom stereocenters. The Labute approximate surface area is 110 Å². The first-order valence-corrected chi connectivity index (χ1v) is 5.81. The Morgan fingerprint density at radius 2 is 2.05 bits per heavy atom. The SMILES string of the molecule is CNc1ccncc1C(=O)Nc1ccc(C)cc1F. The molecular formula is C14H14FN3O. The molecule has 0 radical (unpaired) electrons. The molecule has 1 heterocycles. The van der Waals surface area contributed by atoms with E-state index in [0.29, 0.717) is 11.3 Å². The van der Waals surface area contributed by atoms with E-state index < -0.39 is 11.7 Å². The minimum atomic E-state index is -0.455. The number of hydrogen-bond acceptors (Lipinski definition) is 3. The van der Waals surface area contributed by atoms with Crippen LogP contribution < -0.4 is 10.6 Å². The highest BCUT2D eigenvalue weighted by Crippen LogP contribution is 2.18. The lowest BCUT2D eigenvalue weighted by Crippen LogP contribution is -2.15. The minimum Gasteiger partial charge on any atom is -0.387 e. The zero-order chi connectivity index (χ0) is 13.8. The Hall–Kier alpha value is -2.43. The number of rotatable bonds is 3. The van der Waals surface area contributed by atoms with E-state index in [0.717, 1.165) is 5.56 Å². The molecule has 98 valence electrons. The van der Waals surface area contributed by atoms with Crippen LogP contribution in [-0.2, 0) is 0 Å². The molecule has 0 aliphatic carbocycles. The second kappa shape index (κ2) is 5.48. The first-order valence-electron chi connectivity index (χ1n) is 5.81. The molecule has 19 heavy (non-hydrogen) atoms. The Bertz CT molecular complexity index is 613. The van der Waals surface area contributed by atoms with Crippen molar-refractivity contribution < 1.29 is 9.18 Å². The fourth-order valence-electron chi connectivity index (χ4n) is 1.70. The summed E-state index contributed by atoms with van der Waals surface area (Å²) in [5.41, 5.74) is 1.96. The highest BCUT2D eigenvalue weighted by molar-refractivity contribution is 6.07. The second-order valence-electron chi connectivity index (χ2n) is 4.11. The molecule has 2 N–H and O–H groups in total. The summed E-state index contributed by atoms with van der Waals surface area (Å²) in [5.74, 6) is -0.858. The van der Waals surface area contributed by atoms with Gasteiger partial charge in [0.2, 0.25) is 0 Å². The van der Waals surface area contributed by atoms with E-state index in [4.69, 9.17) is 0 Å². The molecule has 1 aromatic heterocycles. The summed E-state index contributed by atoms with van der Waals surface area (Å²) in [6.45, 7) is 1.79. The van der Waals surface area contributed by atoms with Gasteiger partial charge in [0.25, 0.3) is 5.91 Å². The van der Waals surface area contributed by atoms with Crippen LogP contribution >= 0.6 is 0 Å². The van der Waals surface area contributed by atoms with Crippen LogP contribution in [0.1, 0.15) is 15.9 Å². The average molecular weight is 259 g/mol. The summed E-state index contributed by atoms with van der Waals surface area (Å²) < 4.78 is 13.7. The Balaban J connectivity index is 2.26. The summed E-state index contributed by atoms with van der Waals surface area (Å²) >= 11 is 0. The molecule has 0 aliphatic heterocycles. The zero-order valence-corrected chi connectivity index (χ0v) is 10.7. The molecule has 1 aromatic carbocycles. The number of carbonyl (C=O) groups excluding carboxylic acids is 1. The van der Waals surface area contributed by atoms with E-state index in [9.17, 15) is 9.18 Å². The largest absolute Gasteiger partial charge is 0.387 e. The quantitative estimate of drug-likeness (QED) is 0.891. The van der Waals surface area contributed by atoms with Crippen LogP contribution in [0.3, 0.4) is 0 Å². The van der Waals surface area contributed by atoms with Crippen molar-refractivity contribution in [2.75, 3.05) is 17.7 Å². The van der Waals surface area contributed by atoms with Crippen molar-refractivity contribution in [2.45, 2.75) is 6.92 Å². The van der Waals surface area contributed by atoms with Gasteiger partial charge in [-0.15, -0.1) is 0 Å². The highest BCUT2D eigenvalue weighted by atomic mass is 19.1. The van der Waals surface area contributed by atoms with E-state index in [1.165, 1.54) is 18.3 Å². The number of pyridine rings is 1. The number of aromatic nitrogens is 1. The molecule has 0 saturated heterocycles. The number of carbonyl (C=O) groups is 1. The molecule has 0 saturated carbocycles. The second-order valence-corrected chi connectivity index (χ2v) is 4.11. The molecular weight excluding hydrogens is 245 g/mol. The summed E-state index contributed by atoms with van der Waals surface area (Å²) in [6.07, 6.45) is 3.02. The number of nitrogens with zero attached hydrogens (tertiary/aromatic N) is 1. The number of benzene rings is 1. The molecule has 0 bridgehead atoms. The first kappa shape index (κ1) is 13.0. The van der Waals surface area contributed by atoms with Crippen LogP contribution in [0.2, 0.25) is 0 Å². The van der Waals surface area contributed by atoms with E-state index >= 15 is 0 Å². The van der Waals surface area contributed by atoms with Crippen molar-refractivity contribution in [3.63, 3.8) is 0 Å². The van der Waals surface area contributed by atoms with E-state index in [2.05, 4.69) is 15.6 Å². The predicted octanol–water partition coefficient (Wildman–Crippen LogP) is 2.82.